The maximum Gasteiger partial charge on any atom is 0.330 e. The molecule has 1 aliphatic rings. The molecule has 0 unspecified atom stereocenters. The van der Waals surface area contributed by atoms with Crippen LogP contribution in [0, 0.1) is 0 Å². The molecule has 11 heteroatoms. The van der Waals surface area contributed by atoms with Crippen LogP contribution in [0.4, 0.5) is 11.5 Å². The van der Waals surface area contributed by atoms with Crippen molar-refractivity contribution < 1.29 is 4.79 Å². The molecule has 1 aromatic carbocycles. The minimum atomic E-state index is -0.631. The Balaban J connectivity index is 1.64. The molecule has 0 bridgehead atoms. The number of imidazole rings is 1. The largest absolute Gasteiger partial charge is 0.383 e. The fourth-order valence-electron chi connectivity index (χ4n) is 4.25. The summed E-state index contributed by atoms with van der Waals surface area (Å²) in [6, 6.07) is 5.22. The lowest BCUT2D eigenvalue weighted by atomic mass is 10.2. The van der Waals surface area contributed by atoms with Crippen molar-refractivity contribution >= 4 is 51.8 Å². The van der Waals surface area contributed by atoms with Gasteiger partial charge in [-0.1, -0.05) is 49.5 Å². The van der Waals surface area contributed by atoms with Crippen molar-refractivity contribution in [3.05, 3.63) is 44.1 Å². The summed E-state index contributed by atoms with van der Waals surface area (Å²) in [4.78, 5) is 50.1. The van der Waals surface area contributed by atoms with Gasteiger partial charge in [0.25, 0.3) is 5.56 Å². The van der Waals surface area contributed by atoms with Crippen LogP contribution in [0.1, 0.15) is 45.4 Å². The van der Waals surface area contributed by atoms with Crippen LogP contribution in [0.5, 0.6) is 0 Å². The van der Waals surface area contributed by atoms with E-state index in [1.165, 1.54) is 21.2 Å². The van der Waals surface area contributed by atoms with Gasteiger partial charge in [-0.25, -0.2) is 9.78 Å². The first-order valence-electron chi connectivity index (χ1n) is 11.1. The Kier molecular flexibility index (Phi) is 7.14. The number of nitrogens with zero attached hydrogens (tertiary/aromatic N) is 3. The molecule has 0 saturated heterocycles. The van der Waals surface area contributed by atoms with Crippen molar-refractivity contribution in [2.24, 2.45) is 0 Å². The molecule has 9 nitrogen and oxygen atoms in total. The normalized spacial score (nSPS) is 14.2. The standard InChI is InChI=1S/C22H27ClN6O3S/c1-2-3-10-28-19(24)18(20(31)27-22(28)32)29(14-6-4-5-7-14)17(30)12-33-21-25-15-9-8-13(23)11-16(15)26-21/h8-9,11,14H,2-7,10,12,24H2,1H3,(H,25,26)(H,27,31,32). The van der Waals surface area contributed by atoms with Crippen LogP contribution in [0.25, 0.3) is 11.0 Å². The first-order valence-corrected chi connectivity index (χ1v) is 12.5. The van der Waals surface area contributed by atoms with Gasteiger partial charge in [-0.2, -0.15) is 0 Å². The predicted molar refractivity (Wildman–Crippen MR) is 132 cm³/mol. The first kappa shape index (κ1) is 23.4. The number of nitrogens with two attached hydrogens (primary N) is 1. The van der Waals surface area contributed by atoms with Crippen LogP contribution >= 0.6 is 23.4 Å². The number of amides is 1. The van der Waals surface area contributed by atoms with Crippen LogP contribution < -0.4 is 21.9 Å². The number of carbonyl (C=O) groups is 1. The number of thioether (sulfide) groups is 1. The Morgan fingerprint density at radius 2 is 2.06 bits per heavy atom. The molecule has 2 aromatic heterocycles. The number of H-pyrrole nitrogens is 2. The van der Waals surface area contributed by atoms with E-state index in [1.54, 1.807) is 12.1 Å². The van der Waals surface area contributed by atoms with E-state index in [2.05, 4.69) is 15.0 Å². The van der Waals surface area contributed by atoms with Gasteiger partial charge in [0.05, 0.1) is 16.8 Å². The molecular formula is C22H27ClN6O3S. The highest BCUT2D eigenvalue weighted by molar-refractivity contribution is 7.99. The smallest absolute Gasteiger partial charge is 0.330 e. The number of aromatic amines is 2. The molecule has 1 aliphatic carbocycles. The fraction of sp³-hybridized carbons (Fsp3) is 0.455. The number of benzene rings is 1. The molecule has 1 saturated carbocycles. The van der Waals surface area contributed by atoms with Gasteiger partial charge in [0.2, 0.25) is 5.91 Å². The number of anilines is 2. The Labute approximate surface area is 199 Å². The molecule has 0 spiro atoms. The van der Waals surface area contributed by atoms with Crippen LogP contribution in [0.2, 0.25) is 5.02 Å². The number of aromatic nitrogens is 4. The molecule has 0 atom stereocenters. The van der Waals surface area contributed by atoms with Gasteiger partial charge in [0.15, 0.2) is 10.8 Å². The van der Waals surface area contributed by atoms with Gasteiger partial charge in [0.1, 0.15) is 5.82 Å². The maximum absolute atomic E-state index is 13.4. The summed E-state index contributed by atoms with van der Waals surface area (Å²) < 4.78 is 1.35. The highest BCUT2D eigenvalue weighted by Crippen LogP contribution is 2.31. The summed E-state index contributed by atoms with van der Waals surface area (Å²) in [6.45, 7) is 2.39. The molecule has 4 rings (SSSR count). The Hall–Kier alpha value is -2.72. The second-order valence-electron chi connectivity index (χ2n) is 8.19. The fourth-order valence-corrected chi connectivity index (χ4v) is 5.16. The molecule has 176 valence electrons. The average molecular weight is 491 g/mol. The Bertz CT molecular complexity index is 1280. The van der Waals surface area contributed by atoms with Gasteiger partial charge in [0, 0.05) is 17.6 Å². The van der Waals surface area contributed by atoms with Crippen LogP contribution in [-0.2, 0) is 11.3 Å². The lowest BCUT2D eigenvalue weighted by Gasteiger charge is -2.29. The maximum atomic E-state index is 13.4. The molecule has 3 aromatic rings. The van der Waals surface area contributed by atoms with E-state index < -0.39 is 11.2 Å². The Morgan fingerprint density at radius 3 is 2.79 bits per heavy atom. The molecule has 4 N–H and O–H groups in total. The second-order valence-corrected chi connectivity index (χ2v) is 9.59. The third-order valence-electron chi connectivity index (χ3n) is 5.90. The molecule has 0 radical (unpaired) electrons. The number of nitrogen functional groups attached to an aromatic ring is 1. The molecule has 1 fully saturated rings. The number of halogens is 1. The van der Waals surface area contributed by atoms with Crippen LogP contribution in [0.15, 0.2) is 32.9 Å². The minimum absolute atomic E-state index is 0.0424. The van der Waals surface area contributed by atoms with Gasteiger partial charge in [-0.3, -0.25) is 19.1 Å². The second kappa shape index (κ2) is 10.0. The van der Waals surface area contributed by atoms with Gasteiger partial charge < -0.3 is 15.6 Å². The number of hydrogen-bond donors (Lipinski definition) is 3. The van der Waals surface area contributed by atoms with Crippen molar-refractivity contribution in [3.63, 3.8) is 0 Å². The van der Waals surface area contributed by atoms with Gasteiger partial charge in [-0.15, -0.1) is 0 Å². The third-order valence-corrected chi connectivity index (χ3v) is 7.00. The summed E-state index contributed by atoms with van der Waals surface area (Å²) in [6.07, 6.45) is 5.11. The summed E-state index contributed by atoms with van der Waals surface area (Å²) in [5.74, 6) is -0.138. The first-order chi connectivity index (χ1) is 15.9. The Morgan fingerprint density at radius 1 is 1.30 bits per heavy atom. The van der Waals surface area contributed by atoms with Crippen molar-refractivity contribution in [1.82, 2.24) is 19.5 Å². The van der Waals surface area contributed by atoms with E-state index in [9.17, 15) is 14.4 Å². The van der Waals surface area contributed by atoms with Gasteiger partial charge in [-0.05, 0) is 37.5 Å². The molecule has 33 heavy (non-hydrogen) atoms. The molecule has 2 heterocycles. The van der Waals surface area contributed by atoms with E-state index >= 15 is 0 Å². The van der Waals surface area contributed by atoms with E-state index in [-0.39, 0.29) is 29.2 Å². The highest BCUT2D eigenvalue weighted by atomic mass is 35.5. The lowest BCUT2D eigenvalue weighted by Crippen LogP contribution is -2.46. The van der Waals surface area contributed by atoms with E-state index in [4.69, 9.17) is 17.3 Å². The monoisotopic (exact) mass is 490 g/mol. The molecular weight excluding hydrogens is 464 g/mol. The highest BCUT2D eigenvalue weighted by Gasteiger charge is 2.32. The number of nitrogens with one attached hydrogen (secondary N) is 2. The predicted octanol–water partition coefficient (Wildman–Crippen LogP) is 3.52. The SMILES string of the molecule is CCCCn1c(N)c(N(C(=O)CSc2nc3ccc(Cl)cc3[nH]2)C2CCCC2)c(=O)[nH]c1=O. The van der Waals surface area contributed by atoms with Gasteiger partial charge >= 0.3 is 5.69 Å². The summed E-state index contributed by atoms with van der Waals surface area (Å²) in [7, 11) is 0. The number of unbranched alkanes of at least 4 members (excludes halogenated alkanes) is 1. The molecule has 1 amide bonds. The van der Waals surface area contributed by atoms with Crippen LogP contribution in [-0.4, -0.2) is 37.2 Å². The van der Waals surface area contributed by atoms with E-state index in [0.717, 1.165) is 49.6 Å². The number of hydrogen-bond acceptors (Lipinski definition) is 6. The lowest BCUT2D eigenvalue weighted by molar-refractivity contribution is -0.116. The van der Waals surface area contributed by atoms with Crippen LogP contribution in [0.3, 0.4) is 0 Å². The zero-order valence-electron chi connectivity index (χ0n) is 18.4. The van der Waals surface area contributed by atoms with Crippen molar-refractivity contribution in [2.75, 3.05) is 16.4 Å². The minimum Gasteiger partial charge on any atom is -0.383 e. The quantitative estimate of drug-likeness (QED) is 0.414. The number of fused-ring (bicyclic) bond motifs is 1. The zero-order valence-corrected chi connectivity index (χ0v) is 20.0. The molecule has 0 aliphatic heterocycles. The summed E-state index contributed by atoms with van der Waals surface area (Å²) in [5, 5.41) is 1.18. The number of carbonyl (C=O) groups excluding carboxylic acids is 1. The van der Waals surface area contributed by atoms with Crippen molar-refractivity contribution in [3.8, 4) is 0 Å². The topological polar surface area (TPSA) is 130 Å². The summed E-state index contributed by atoms with van der Waals surface area (Å²) >= 11 is 7.29. The average Bonchev–Trinajstić information content (AvgIpc) is 3.44. The summed E-state index contributed by atoms with van der Waals surface area (Å²) in [5.41, 5.74) is 6.74. The van der Waals surface area contributed by atoms with Crippen molar-refractivity contribution in [1.29, 1.82) is 0 Å². The number of rotatable bonds is 8. The van der Waals surface area contributed by atoms with Crippen molar-refractivity contribution in [2.45, 2.75) is 63.2 Å². The zero-order chi connectivity index (χ0) is 23.5. The van der Waals surface area contributed by atoms with E-state index in [1.807, 2.05) is 13.0 Å². The van der Waals surface area contributed by atoms with E-state index in [0.29, 0.717) is 16.7 Å². The third kappa shape index (κ3) is 4.96.